The lowest BCUT2D eigenvalue weighted by Gasteiger charge is -2.34. The standard InChI is InChI=1S/C22H23F3N4O2S/c1-13(30)27-22(29-19(31)20(2)11-6-12-26-20)28-18-16(32-22)10-9-15(17(18)21(23,24)25)14-7-4-3-5-8-14/h3-5,7-10,26,28H,6,11-12H2,1-2H3,(H,27,30)(H,29,31)/t20-,22?/m0/s1. The highest BCUT2D eigenvalue weighted by atomic mass is 32.2. The molecule has 2 aliphatic rings. The number of anilines is 1. The predicted molar refractivity (Wildman–Crippen MR) is 117 cm³/mol. The summed E-state index contributed by atoms with van der Waals surface area (Å²) in [4.78, 5) is 25.3. The molecular weight excluding hydrogens is 441 g/mol. The molecule has 6 nitrogen and oxygen atoms in total. The Morgan fingerprint density at radius 3 is 2.41 bits per heavy atom. The Morgan fingerprint density at radius 1 is 1.09 bits per heavy atom. The summed E-state index contributed by atoms with van der Waals surface area (Å²) in [5.41, 5.74) is -1.47. The predicted octanol–water partition coefficient (Wildman–Crippen LogP) is 3.90. The Kier molecular flexibility index (Phi) is 5.62. The molecule has 0 saturated carbocycles. The summed E-state index contributed by atoms with van der Waals surface area (Å²) in [5, 5.41) is 9.61. The second-order valence-corrected chi connectivity index (χ2v) is 9.39. The number of rotatable bonds is 4. The van der Waals surface area contributed by atoms with Gasteiger partial charge in [0.25, 0.3) is 0 Å². The summed E-state index contributed by atoms with van der Waals surface area (Å²) in [6.07, 6.45) is -3.28. The molecule has 0 bridgehead atoms. The van der Waals surface area contributed by atoms with Gasteiger partial charge in [0.05, 0.1) is 16.8 Å². The van der Waals surface area contributed by atoms with Crippen molar-refractivity contribution in [1.82, 2.24) is 16.0 Å². The highest BCUT2D eigenvalue weighted by Gasteiger charge is 2.49. The summed E-state index contributed by atoms with van der Waals surface area (Å²) in [6, 6.07) is 11.3. The van der Waals surface area contributed by atoms with Crippen molar-refractivity contribution in [1.29, 1.82) is 0 Å². The minimum absolute atomic E-state index is 0.0133. The molecule has 2 atom stereocenters. The van der Waals surface area contributed by atoms with E-state index in [1.165, 1.54) is 13.0 Å². The number of hydrogen-bond acceptors (Lipinski definition) is 5. The van der Waals surface area contributed by atoms with Crippen molar-refractivity contribution in [2.75, 3.05) is 11.9 Å². The lowest BCUT2D eigenvalue weighted by atomic mass is 9.97. The van der Waals surface area contributed by atoms with Gasteiger partial charge in [0.2, 0.25) is 16.9 Å². The maximum absolute atomic E-state index is 14.2. The average molecular weight is 465 g/mol. The Bertz CT molecular complexity index is 1060. The van der Waals surface area contributed by atoms with Crippen LogP contribution in [-0.2, 0) is 15.8 Å². The first-order chi connectivity index (χ1) is 15.0. The number of benzene rings is 2. The molecule has 4 rings (SSSR count). The summed E-state index contributed by atoms with van der Waals surface area (Å²) in [6.45, 7) is 3.64. The van der Waals surface area contributed by atoms with E-state index in [2.05, 4.69) is 21.3 Å². The minimum Gasteiger partial charge on any atom is -0.335 e. The minimum atomic E-state index is -4.67. The SMILES string of the molecule is CC(=O)NC1(NC(=O)[C@]2(C)CCCN2)Nc2c(ccc(-c3ccccc3)c2C(F)(F)F)S1. The molecular formula is C22H23F3N4O2S. The number of nitrogens with one attached hydrogen (secondary N) is 4. The van der Waals surface area contributed by atoms with Gasteiger partial charge in [-0.05, 0) is 43.5 Å². The third kappa shape index (κ3) is 4.16. The van der Waals surface area contributed by atoms with Crippen LogP contribution in [0.3, 0.4) is 0 Å². The fraction of sp³-hybridized carbons (Fsp3) is 0.364. The molecule has 2 heterocycles. The second-order valence-electron chi connectivity index (χ2n) is 8.13. The van der Waals surface area contributed by atoms with E-state index >= 15 is 0 Å². The molecule has 2 amide bonds. The fourth-order valence-corrected chi connectivity index (χ4v) is 5.30. The highest BCUT2D eigenvalue weighted by molar-refractivity contribution is 8.01. The third-order valence-corrected chi connectivity index (χ3v) is 6.78. The van der Waals surface area contributed by atoms with E-state index in [0.717, 1.165) is 18.2 Å². The van der Waals surface area contributed by atoms with Crippen LogP contribution in [0.4, 0.5) is 18.9 Å². The first kappa shape index (κ1) is 22.5. The molecule has 0 aliphatic carbocycles. The molecule has 0 aromatic heterocycles. The van der Waals surface area contributed by atoms with E-state index in [-0.39, 0.29) is 16.1 Å². The monoisotopic (exact) mass is 464 g/mol. The normalized spacial score (nSPS) is 24.5. The molecule has 2 aliphatic heterocycles. The van der Waals surface area contributed by atoms with Gasteiger partial charge in [-0.3, -0.25) is 9.59 Å². The summed E-state index contributed by atoms with van der Waals surface area (Å²) in [5.74, 6) is -0.909. The van der Waals surface area contributed by atoms with Crippen LogP contribution in [0, 0.1) is 0 Å². The molecule has 1 fully saturated rings. The van der Waals surface area contributed by atoms with Gasteiger partial charge in [-0.25, -0.2) is 0 Å². The van der Waals surface area contributed by atoms with Crippen LogP contribution in [0.25, 0.3) is 11.1 Å². The maximum atomic E-state index is 14.2. The van der Waals surface area contributed by atoms with E-state index < -0.39 is 34.2 Å². The van der Waals surface area contributed by atoms with Crippen LogP contribution in [0.1, 0.15) is 32.3 Å². The third-order valence-electron chi connectivity index (χ3n) is 5.61. The number of halogens is 3. The Balaban J connectivity index is 1.77. The molecule has 2 aromatic rings. The van der Waals surface area contributed by atoms with Gasteiger partial charge in [-0.15, -0.1) is 0 Å². The van der Waals surface area contributed by atoms with Crippen molar-refractivity contribution in [3.63, 3.8) is 0 Å². The zero-order valence-electron chi connectivity index (χ0n) is 17.5. The molecule has 0 radical (unpaired) electrons. The molecule has 1 unspecified atom stereocenters. The van der Waals surface area contributed by atoms with Gasteiger partial charge in [0.15, 0.2) is 0 Å². The van der Waals surface area contributed by atoms with Crippen molar-refractivity contribution in [2.45, 2.75) is 48.4 Å². The van der Waals surface area contributed by atoms with Gasteiger partial charge in [-0.1, -0.05) is 48.2 Å². The molecule has 32 heavy (non-hydrogen) atoms. The summed E-state index contributed by atoms with van der Waals surface area (Å²) >= 11 is 0.929. The topological polar surface area (TPSA) is 82.3 Å². The lowest BCUT2D eigenvalue weighted by Crippen LogP contribution is -2.66. The van der Waals surface area contributed by atoms with E-state index in [9.17, 15) is 22.8 Å². The summed E-state index contributed by atoms with van der Waals surface area (Å²) < 4.78 is 42.7. The highest BCUT2D eigenvalue weighted by Crippen LogP contribution is 2.52. The quantitative estimate of drug-likeness (QED) is 0.516. The van der Waals surface area contributed by atoms with Crippen LogP contribution in [-0.4, -0.2) is 29.0 Å². The van der Waals surface area contributed by atoms with E-state index in [4.69, 9.17) is 0 Å². The Hall–Kier alpha value is -2.72. The van der Waals surface area contributed by atoms with Gasteiger partial charge in [0, 0.05) is 11.8 Å². The maximum Gasteiger partial charge on any atom is 0.419 e. The van der Waals surface area contributed by atoms with Crippen molar-refractivity contribution < 1.29 is 22.8 Å². The number of hydrogen-bond donors (Lipinski definition) is 4. The number of carbonyl (C=O) groups is 2. The van der Waals surface area contributed by atoms with Crippen LogP contribution >= 0.6 is 11.8 Å². The summed E-state index contributed by atoms with van der Waals surface area (Å²) in [7, 11) is 0. The van der Waals surface area contributed by atoms with Crippen molar-refractivity contribution in [3.05, 3.63) is 48.0 Å². The largest absolute Gasteiger partial charge is 0.419 e. The molecule has 1 saturated heterocycles. The smallest absolute Gasteiger partial charge is 0.335 e. The lowest BCUT2D eigenvalue weighted by molar-refractivity contribution is -0.136. The molecule has 0 spiro atoms. The van der Waals surface area contributed by atoms with E-state index in [0.29, 0.717) is 18.5 Å². The number of alkyl halides is 3. The Labute approximate surface area is 187 Å². The number of carbonyl (C=O) groups excluding carboxylic acids is 2. The van der Waals surface area contributed by atoms with Gasteiger partial charge in [0.1, 0.15) is 0 Å². The number of fused-ring (bicyclic) bond motifs is 1. The van der Waals surface area contributed by atoms with Crippen LogP contribution in [0.2, 0.25) is 0 Å². The number of amides is 2. The molecule has 170 valence electrons. The van der Waals surface area contributed by atoms with Gasteiger partial charge in [-0.2, -0.15) is 13.2 Å². The number of thioether (sulfide) groups is 1. The zero-order chi connectivity index (χ0) is 23.1. The van der Waals surface area contributed by atoms with Gasteiger partial charge >= 0.3 is 6.18 Å². The zero-order valence-corrected chi connectivity index (χ0v) is 18.3. The molecule has 4 N–H and O–H groups in total. The molecule has 10 heteroatoms. The average Bonchev–Trinajstić information content (AvgIpc) is 3.30. The van der Waals surface area contributed by atoms with Crippen LogP contribution in [0.15, 0.2) is 47.4 Å². The van der Waals surface area contributed by atoms with Crippen LogP contribution in [0.5, 0.6) is 0 Å². The van der Waals surface area contributed by atoms with Crippen LogP contribution < -0.4 is 21.3 Å². The molecule has 2 aromatic carbocycles. The fourth-order valence-electron chi connectivity index (χ4n) is 4.09. The van der Waals surface area contributed by atoms with Gasteiger partial charge < -0.3 is 21.3 Å². The van der Waals surface area contributed by atoms with E-state index in [1.807, 2.05) is 0 Å². The van der Waals surface area contributed by atoms with Crippen molar-refractivity contribution in [3.8, 4) is 11.1 Å². The van der Waals surface area contributed by atoms with E-state index in [1.54, 1.807) is 43.3 Å². The first-order valence-corrected chi connectivity index (χ1v) is 11.0. The van der Waals surface area contributed by atoms with Crippen molar-refractivity contribution in [2.24, 2.45) is 0 Å². The van der Waals surface area contributed by atoms with Crippen molar-refractivity contribution >= 4 is 29.3 Å². The second kappa shape index (κ2) is 8.00. The first-order valence-electron chi connectivity index (χ1n) is 10.2. The Morgan fingerprint density at radius 2 is 1.81 bits per heavy atom.